The Morgan fingerprint density at radius 2 is 2.38 bits per heavy atom. The second kappa shape index (κ2) is 6.44. The van der Waals surface area contributed by atoms with E-state index in [9.17, 15) is 4.79 Å². The van der Waals surface area contributed by atoms with Crippen molar-refractivity contribution in [3.05, 3.63) is 29.3 Å². The van der Waals surface area contributed by atoms with Crippen molar-refractivity contribution < 1.29 is 9.53 Å². The van der Waals surface area contributed by atoms with Crippen LogP contribution >= 0.6 is 23.1 Å². The number of benzene rings is 1. The molecule has 7 heteroatoms. The number of thioether (sulfide) groups is 1. The maximum atomic E-state index is 12.2. The predicted octanol–water partition coefficient (Wildman–Crippen LogP) is 2.88. The lowest BCUT2D eigenvalue weighted by molar-refractivity contribution is 0.102. The first kappa shape index (κ1) is 14.3. The van der Waals surface area contributed by atoms with Gasteiger partial charge < -0.3 is 10.1 Å². The number of anilines is 1. The van der Waals surface area contributed by atoms with Gasteiger partial charge in [-0.05, 0) is 30.7 Å². The summed E-state index contributed by atoms with van der Waals surface area (Å²) in [6, 6.07) is 5.65. The van der Waals surface area contributed by atoms with Gasteiger partial charge in [-0.25, -0.2) is 0 Å². The summed E-state index contributed by atoms with van der Waals surface area (Å²) in [4.78, 5) is 12.2. The lowest BCUT2D eigenvalue weighted by Gasteiger charge is -2.02. The van der Waals surface area contributed by atoms with Crippen LogP contribution < -0.4 is 10.1 Å². The van der Waals surface area contributed by atoms with Gasteiger partial charge in [0.1, 0.15) is 5.75 Å². The van der Waals surface area contributed by atoms with Gasteiger partial charge in [0, 0.05) is 18.5 Å². The van der Waals surface area contributed by atoms with Gasteiger partial charge in [-0.3, -0.25) is 4.79 Å². The molecule has 0 atom stereocenters. The highest BCUT2D eigenvalue weighted by molar-refractivity contribution is 8.01. The Kier molecular flexibility index (Phi) is 4.40. The molecule has 1 aromatic heterocycles. The number of carbonyl (C=O) groups is 1. The smallest absolute Gasteiger partial charge is 0.206 e. The Morgan fingerprint density at radius 1 is 1.48 bits per heavy atom. The molecule has 21 heavy (non-hydrogen) atoms. The molecule has 0 aliphatic carbocycles. The maximum absolute atomic E-state index is 12.2. The van der Waals surface area contributed by atoms with Crippen molar-refractivity contribution in [3.63, 3.8) is 0 Å². The van der Waals surface area contributed by atoms with Crippen LogP contribution in [0.2, 0.25) is 0 Å². The fourth-order valence-corrected chi connectivity index (χ4v) is 3.78. The molecule has 3 rings (SSSR count). The molecule has 0 spiro atoms. The van der Waals surface area contributed by atoms with E-state index < -0.39 is 0 Å². The van der Waals surface area contributed by atoms with E-state index >= 15 is 0 Å². The molecule has 2 heterocycles. The fraction of sp³-hybridized carbons (Fsp3) is 0.357. The van der Waals surface area contributed by atoms with E-state index in [0.717, 1.165) is 39.3 Å². The van der Waals surface area contributed by atoms with Crippen molar-refractivity contribution in [2.45, 2.75) is 17.7 Å². The second-order valence-electron chi connectivity index (χ2n) is 4.54. The molecule has 0 bridgehead atoms. The minimum Gasteiger partial charge on any atom is -0.493 e. The van der Waals surface area contributed by atoms with Gasteiger partial charge in [0.25, 0.3) is 0 Å². The van der Waals surface area contributed by atoms with E-state index in [1.54, 1.807) is 0 Å². The van der Waals surface area contributed by atoms with E-state index in [2.05, 4.69) is 15.5 Å². The third kappa shape index (κ3) is 3.36. The molecule has 110 valence electrons. The van der Waals surface area contributed by atoms with Gasteiger partial charge in [-0.1, -0.05) is 23.1 Å². The number of aromatic nitrogens is 2. The normalized spacial score (nSPS) is 12.8. The number of nitrogens with zero attached hydrogens (tertiary/aromatic N) is 2. The number of nitrogens with one attached hydrogen (secondary N) is 1. The number of ketones is 1. The third-order valence-corrected chi connectivity index (χ3v) is 5.09. The van der Waals surface area contributed by atoms with Crippen LogP contribution in [0, 0.1) is 0 Å². The van der Waals surface area contributed by atoms with Gasteiger partial charge in [-0.2, -0.15) is 0 Å². The molecular formula is C14H15N3O2S2. The Balaban J connectivity index is 1.60. The van der Waals surface area contributed by atoms with Crippen LogP contribution in [-0.4, -0.2) is 34.9 Å². The average molecular weight is 321 g/mol. The highest BCUT2D eigenvalue weighted by Crippen LogP contribution is 2.28. The quantitative estimate of drug-likeness (QED) is 0.652. The Bertz CT molecular complexity index is 657. The molecule has 1 aromatic carbocycles. The predicted molar refractivity (Wildman–Crippen MR) is 84.8 cm³/mol. The summed E-state index contributed by atoms with van der Waals surface area (Å²) in [5.41, 5.74) is 1.86. The monoisotopic (exact) mass is 321 g/mol. The SMILES string of the molecule is CCNc1nnc(SCC(=O)c2ccc3c(c2)CCO3)s1. The van der Waals surface area contributed by atoms with Crippen LogP contribution in [0.5, 0.6) is 5.75 Å². The molecule has 1 N–H and O–H groups in total. The molecule has 0 fully saturated rings. The minimum atomic E-state index is 0.106. The van der Waals surface area contributed by atoms with Gasteiger partial charge >= 0.3 is 0 Å². The van der Waals surface area contributed by atoms with Crippen LogP contribution in [0.25, 0.3) is 0 Å². The first-order valence-electron chi connectivity index (χ1n) is 6.75. The summed E-state index contributed by atoms with van der Waals surface area (Å²) < 4.78 is 6.26. The molecule has 5 nitrogen and oxygen atoms in total. The topological polar surface area (TPSA) is 64.1 Å². The van der Waals surface area contributed by atoms with Crippen LogP contribution in [-0.2, 0) is 6.42 Å². The zero-order chi connectivity index (χ0) is 14.7. The van der Waals surface area contributed by atoms with E-state index in [-0.39, 0.29) is 5.78 Å². The molecule has 0 radical (unpaired) electrons. The summed E-state index contributed by atoms with van der Waals surface area (Å²) in [6.07, 6.45) is 0.881. The molecule has 2 aromatic rings. The standard InChI is InChI=1S/C14H15N3O2S2/c1-2-15-13-16-17-14(21-13)20-8-11(18)9-3-4-12-10(7-9)5-6-19-12/h3-4,7H,2,5-6,8H2,1H3,(H,15,16). The number of carbonyl (C=O) groups excluding carboxylic acids is 1. The molecular weight excluding hydrogens is 306 g/mol. The lowest BCUT2D eigenvalue weighted by Crippen LogP contribution is -2.02. The minimum absolute atomic E-state index is 0.106. The van der Waals surface area contributed by atoms with Crippen molar-refractivity contribution in [1.82, 2.24) is 10.2 Å². The van der Waals surface area contributed by atoms with Crippen LogP contribution in [0.15, 0.2) is 22.5 Å². The molecule has 0 saturated carbocycles. The Labute approximate surface area is 131 Å². The third-order valence-electron chi connectivity index (χ3n) is 3.07. The van der Waals surface area contributed by atoms with Gasteiger partial charge in [0.2, 0.25) is 5.13 Å². The van der Waals surface area contributed by atoms with E-state index in [1.807, 2.05) is 25.1 Å². The maximum Gasteiger partial charge on any atom is 0.206 e. The highest BCUT2D eigenvalue weighted by Gasteiger charge is 2.15. The molecule has 1 aliphatic rings. The average Bonchev–Trinajstić information content (AvgIpc) is 3.13. The van der Waals surface area contributed by atoms with Crippen LogP contribution in [0.3, 0.4) is 0 Å². The number of hydrogen-bond acceptors (Lipinski definition) is 7. The highest BCUT2D eigenvalue weighted by atomic mass is 32.2. The molecule has 0 amide bonds. The lowest BCUT2D eigenvalue weighted by atomic mass is 10.1. The van der Waals surface area contributed by atoms with E-state index in [4.69, 9.17) is 4.74 Å². The summed E-state index contributed by atoms with van der Waals surface area (Å²) in [7, 11) is 0. The van der Waals surface area contributed by atoms with Crippen molar-refractivity contribution in [1.29, 1.82) is 0 Å². The number of hydrogen-bond donors (Lipinski definition) is 1. The van der Waals surface area contributed by atoms with Crippen LogP contribution in [0.1, 0.15) is 22.8 Å². The van der Waals surface area contributed by atoms with Crippen molar-refractivity contribution >= 4 is 34.0 Å². The van der Waals surface area contributed by atoms with Gasteiger partial charge in [0.15, 0.2) is 10.1 Å². The molecule has 0 saturated heterocycles. The van der Waals surface area contributed by atoms with Crippen molar-refractivity contribution in [2.75, 3.05) is 24.2 Å². The number of rotatable bonds is 6. The number of Topliss-reactive ketones (excluding diaryl/α,β-unsaturated/α-hetero) is 1. The van der Waals surface area contributed by atoms with Gasteiger partial charge in [0.05, 0.1) is 12.4 Å². The Morgan fingerprint density at radius 3 is 3.24 bits per heavy atom. The number of ether oxygens (including phenoxy) is 1. The molecule has 0 unspecified atom stereocenters. The first-order valence-corrected chi connectivity index (χ1v) is 8.55. The molecule has 1 aliphatic heterocycles. The largest absolute Gasteiger partial charge is 0.493 e. The zero-order valence-electron chi connectivity index (χ0n) is 11.6. The van der Waals surface area contributed by atoms with Gasteiger partial charge in [-0.15, -0.1) is 10.2 Å². The number of fused-ring (bicyclic) bond motifs is 1. The summed E-state index contributed by atoms with van der Waals surface area (Å²) in [5, 5.41) is 12.0. The summed E-state index contributed by atoms with van der Waals surface area (Å²) >= 11 is 2.90. The Hall–Kier alpha value is -1.60. The fourth-order valence-electron chi connectivity index (χ4n) is 2.06. The van der Waals surface area contributed by atoms with Crippen molar-refractivity contribution in [3.8, 4) is 5.75 Å². The first-order chi connectivity index (χ1) is 10.3. The zero-order valence-corrected chi connectivity index (χ0v) is 13.2. The summed E-state index contributed by atoms with van der Waals surface area (Å²) in [6.45, 7) is 3.53. The summed E-state index contributed by atoms with van der Waals surface area (Å²) in [5.74, 6) is 1.38. The van der Waals surface area contributed by atoms with Crippen molar-refractivity contribution in [2.24, 2.45) is 0 Å². The van der Waals surface area contributed by atoms with E-state index in [1.165, 1.54) is 23.1 Å². The van der Waals surface area contributed by atoms with E-state index in [0.29, 0.717) is 12.4 Å². The van der Waals surface area contributed by atoms with Crippen LogP contribution in [0.4, 0.5) is 5.13 Å². The second-order valence-corrected chi connectivity index (χ2v) is 6.74.